The number of carbonyl (C=O) groups excluding carboxylic acids is 2. The third-order valence-corrected chi connectivity index (χ3v) is 3.28. The first-order valence-electron chi connectivity index (χ1n) is 6.47. The molecular formula is C16H19NO2. The molecule has 1 saturated carbocycles. The summed E-state index contributed by atoms with van der Waals surface area (Å²) in [5, 5.41) is 3.04. The number of anilines is 1. The maximum Gasteiger partial charge on any atom is 0.168 e. The van der Waals surface area contributed by atoms with E-state index in [1.165, 1.54) is 0 Å². The second kappa shape index (κ2) is 5.00. The van der Waals surface area contributed by atoms with E-state index in [0.717, 1.165) is 11.3 Å². The number of rotatable bonds is 2. The first kappa shape index (κ1) is 13.5. The zero-order chi connectivity index (χ0) is 14.0. The minimum absolute atomic E-state index is 0.0681. The molecular weight excluding hydrogens is 238 g/mol. The Labute approximate surface area is 113 Å². The molecule has 1 fully saturated rings. The van der Waals surface area contributed by atoms with Crippen molar-refractivity contribution in [2.45, 2.75) is 33.6 Å². The largest absolute Gasteiger partial charge is 0.361 e. The van der Waals surface area contributed by atoms with Gasteiger partial charge in [0, 0.05) is 24.7 Å². The maximum atomic E-state index is 12.0. The van der Waals surface area contributed by atoms with Gasteiger partial charge >= 0.3 is 0 Å². The summed E-state index contributed by atoms with van der Waals surface area (Å²) < 4.78 is 0. The van der Waals surface area contributed by atoms with Crippen molar-refractivity contribution in [3.05, 3.63) is 41.6 Å². The van der Waals surface area contributed by atoms with E-state index in [1.807, 2.05) is 45.0 Å². The van der Waals surface area contributed by atoms with Gasteiger partial charge in [-0.3, -0.25) is 9.59 Å². The second-order valence-electron chi connectivity index (χ2n) is 5.94. The molecule has 1 aliphatic carbocycles. The van der Waals surface area contributed by atoms with E-state index in [4.69, 9.17) is 0 Å². The fourth-order valence-corrected chi connectivity index (χ4v) is 2.33. The van der Waals surface area contributed by atoms with E-state index >= 15 is 0 Å². The van der Waals surface area contributed by atoms with E-state index in [9.17, 15) is 9.59 Å². The molecule has 0 saturated heterocycles. The minimum atomic E-state index is -0.213. The highest BCUT2D eigenvalue weighted by Gasteiger charge is 2.35. The lowest BCUT2D eigenvalue weighted by molar-refractivity contribution is -0.127. The van der Waals surface area contributed by atoms with Gasteiger partial charge in [-0.1, -0.05) is 26.0 Å². The van der Waals surface area contributed by atoms with Crippen LogP contribution in [0.5, 0.6) is 0 Å². The number of benzene rings is 1. The predicted molar refractivity (Wildman–Crippen MR) is 75.9 cm³/mol. The van der Waals surface area contributed by atoms with Crippen LogP contribution in [0.3, 0.4) is 0 Å². The van der Waals surface area contributed by atoms with Gasteiger partial charge in [0.2, 0.25) is 0 Å². The molecule has 0 radical (unpaired) electrons. The van der Waals surface area contributed by atoms with Crippen LogP contribution in [0.2, 0.25) is 0 Å². The van der Waals surface area contributed by atoms with Crippen LogP contribution in [0, 0.1) is 12.3 Å². The molecule has 19 heavy (non-hydrogen) atoms. The fourth-order valence-electron chi connectivity index (χ4n) is 2.33. The van der Waals surface area contributed by atoms with Crippen LogP contribution in [0.4, 0.5) is 5.69 Å². The molecule has 3 nitrogen and oxygen atoms in total. The van der Waals surface area contributed by atoms with Gasteiger partial charge in [0.1, 0.15) is 0 Å². The summed E-state index contributed by atoms with van der Waals surface area (Å²) in [6.07, 6.45) is 2.41. The molecule has 0 amide bonds. The van der Waals surface area contributed by atoms with Gasteiger partial charge in [0.15, 0.2) is 11.6 Å². The van der Waals surface area contributed by atoms with Crippen LogP contribution >= 0.6 is 0 Å². The van der Waals surface area contributed by atoms with Crippen molar-refractivity contribution < 1.29 is 9.59 Å². The average molecular weight is 257 g/mol. The van der Waals surface area contributed by atoms with Gasteiger partial charge in [-0.2, -0.15) is 0 Å². The Morgan fingerprint density at radius 3 is 2.37 bits per heavy atom. The van der Waals surface area contributed by atoms with E-state index in [-0.39, 0.29) is 17.0 Å². The summed E-state index contributed by atoms with van der Waals surface area (Å²) >= 11 is 0. The molecule has 0 aliphatic heterocycles. The third-order valence-electron chi connectivity index (χ3n) is 3.28. The minimum Gasteiger partial charge on any atom is -0.361 e. The highest BCUT2D eigenvalue weighted by Crippen LogP contribution is 2.33. The molecule has 1 aromatic carbocycles. The van der Waals surface area contributed by atoms with Crippen LogP contribution in [-0.4, -0.2) is 11.6 Å². The Morgan fingerprint density at radius 2 is 1.79 bits per heavy atom. The number of allylic oxidation sites excluding steroid dienone is 1. The molecule has 0 unspecified atom stereocenters. The summed E-state index contributed by atoms with van der Waals surface area (Å²) in [5.41, 5.74) is 2.10. The summed E-state index contributed by atoms with van der Waals surface area (Å²) in [5.74, 6) is -0.136. The normalized spacial score (nSPS) is 18.4. The zero-order valence-electron chi connectivity index (χ0n) is 11.6. The van der Waals surface area contributed by atoms with Crippen molar-refractivity contribution in [1.82, 2.24) is 0 Å². The quantitative estimate of drug-likeness (QED) is 0.653. The van der Waals surface area contributed by atoms with Crippen molar-refractivity contribution in [3.63, 3.8) is 0 Å². The van der Waals surface area contributed by atoms with Gasteiger partial charge in [0.25, 0.3) is 0 Å². The number of hydrogen-bond donors (Lipinski definition) is 1. The molecule has 0 spiro atoms. The van der Waals surface area contributed by atoms with Crippen LogP contribution < -0.4 is 5.32 Å². The molecule has 0 aromatic heterocycles. The molecule has 2 rings (SSSR count). The maximum absolute atomic E-state index is 12.0. The van der Waals surface area contributed by atoms with Gasteiger partial charge in [-0.15, -0.1) is 0 Å². The second-order valence-corrected chi connectivity index (χ2v) is 5.94. The van der Waals surface area contributed by atoms with Crippen molar-refractivity contribution in [3.8, 4) is 0 Å². The van der Waals surface area contributed by atoms with Gasteiger partial charge in [0.05, 0.1) is 5.57 Å². The number of hydrogen-bond acceptors (Lipinski definition) is 3. The van der Waals surface area contributed by atoms with E-state index in [2.05, 4.69) is 5.32 Å². The first-order chi connectivity index (χ1) is 8.87. The lowest BCUT2D eigenvalue weighted by Crippen LogP contribution is -2.31. The molecule has 1 aromatic rings. The first-order valence-corrected chi connectivity index (χ1v) is 6.47. The van der Waals surface area contributed by atoms with E-state index in [1.54, 1.807) is 6.20 Å². The van der Waals surface area contributed by atoms with Crippen molar-refractivity contribution >= 4 is 17.3 Å². The Balaban J connectivity index is 2.15. The SMILES string of the molecule is Cc1cccc(NC=C2C(=O)CC(C)(C)CC2=O)c1. The summed E-state index contributed by atoms with van der Waals surface area (Å²) in [4.78, 5) is 24.0. The average Bonchev–Trinajstić information content (AvgIpc) is 2.26. The number of ketones is 2. The molecule has 1 aliphatic rings. The Bertz CT molecular complexity index is 534. The van der Waals surface area contributed by atoms with Crippen molar-refractivity contribution in [2.75, 3.05) is 5.32 Å². The molecule has 0 atom stereocenters. The fraction of sp³-hybridized carbons (Fsp3) is 0.375. The standard InChI is InChI=1S/C16H19NO2/c1-11-5-4-6-12(7-11)17-10-13-14(18)8-16(2,3)9-15(13)19/h4-7,10,17H,8-9H2,1-3H3. The van der Waals surface area contributed by atoms with Crippen molar-refractivity contribution in [1.29, 1.82) is 0 Å². The van der Waals surface area contributed by atoms with E-state index < -0.39 is 0 Å². The topological polar surface area (TPSA) is 46.2 Å². The van der Waals surface area contributed by atoms with Crippen LogP contribution in [0.15, 0.2) is 36.0 Å². The molecule has 1 N–H and O–H groups in total. The molecule has 100 valence electrons. The predicted octanol–water partition coefficient (Wildman–Crippen LogP) is 3.25. The Hall–Kier alpha value is -1.90. The number of aryl methyl sites for hydroxylation is 1. The van der Waals surface area contributed by atoms with Crippen LogP contribution in [0.25, 0.3) is 0 Å². The lowest BCUT2D eigenvalue weighted by Gasteiger charge is -2.28. The Morgan fingerprint density at radius 1 is 1.16 bits per heavy atom. The van der Waals surface area contributed by atoms with E-state index in [0.29, 0.717) is 18.4 Å². The molecule has 0 bridgehead atoms. The van der Waals surface area contributed by atoms with Gasteiger partial charge in [-0.05, 0) is 30.0 Å². The summed E-state index contributed by atoms with van der Waals surface area (Å²) in [7, 11) is 0. The summed E-state index contributed by atoms with van der Waals surface area (Å²) in [6, 6.07) is 7.81. The van der Waals surface area contributed by atoms with Crippen LogP contribution in [0.1, 0.15) is 32.3 Å². The summed E-state index contributed by atoms with van der Waals surface area (Å²) in [6.45, 7) is 5.90. The zero-order valence-corrected chi connectivity index (χ0v) is 11.6. The highest BCUT2D eigenvalue weighted by atomic mass is 16.1. The van der Waals surface area contributed by atoms with Crippen LogP contribution in [-0.2, 0) is 9.59 Å². The lowest BCUT2D eigenvalue weighted by atomic mass is 9.74. The Kier molecular flexibility index (Phi) is 3.56. The monoisotopic (exact) mass is 257 g/mol. The number of nitrogens with one attached hydrogen (secondary N) is 1. The smallest absolute Gasteiger partial charge is 0.168 e. The molecule has 3 heteroatoms. The number of carbonyl (C=O) groups is 2. The molecule has 0 heterocycles. The highest BCUT2D eigenvalue weighted by molar-refractivity contribution is 6.22. The van der Waals surface area contributed by atoms with Gasteiger partial charge < -0.3 is 5.32 Å². The third kappa shape index (κ3) is 3.31. The van der Waals surface area contributed by atoms with Gasteiger partial charge in [-0.25, -0.2) is 0 Å². The number of Topliss-reactive ketones (excluding diaryl/α,β-unsaturated/α-hetero) is 2. The van der Waals surface area contributed by atoms with Crippen molar-refractivity contribution in [2.24, 2.45) is 5.41 Å².